The zero-order valence-electron chi connectivity index (χ0n) is 22.8. The van der Waals surface area contributed by atoms with E-state index in [2.05, 4.69) is 0 Å². The third-order valence-electron chi connectivity index (χ3n) is 7.02. The molecule has 1 saturated heterocycles. The van der Waals surface area contributed by atoms with Gasteiger partial charge in [0.05, 0.1) is 18.8 Å². The summed E-state index contributed by atoms with van der Waals surface area (Å²) in [4.78, 5) is 41.0. The third kappa shape index (κ3) is 4.75. The number of aryl methyl sites for hydroxylation is 2. The first-order valence-corrected chi connectivity index (χ1v) is 12.8. The summed E-state index contributed by atoms with van der Waals surface area (Å²) in [6.07, 6.45) is -0.0917. The molecule has 0 aliphatic carbocycles. The molecule has 1 aliphatic rings. The Morgan fingerprint density at radius 2 is 1.80 bits per heavy atom. The lowest BCUT2D eigenvalue weighted by molar-refractivity contribution is -0.139. The summed E-state index contributed by atoms with van der Waals surface area (Å²) in [5.41, 5.74) is -1.75. The second kappa shape index (κ2) is 10.1. The Labute approximate surface area is 227 Å². The van der Waals surface area contributed by atoms with Crippen LogP contribution >= 0.6 is 0 Å². The molecular formula is C29H29F2N3O6. The molecule has 1 fully saturated rings. The van der Waals surface area contributed by atoms with E-state index in [1.54, 1.807) is 19.9 Å². The van der Waals surface area contributed by atoms with Gasteiger partial charge < -0.3 is 14.2 Å². The number of nitrogens with zero attached hydrogens (tertiary/aromatic N) is 3. The van der Waals surface area contributed by atoms with Crippen molar-refractivity contribution in [2.45, 2.75) is 52.6 Å². The molecule has 5 rings (SSSR count). The van der Waals surface area contributed by atoms with Gasteiger partial charge in [-0.15, -0.1) is 0 Å². The van der Waals surface area contributed by atoms with E-state index in [4.69, 9.17) is 14.2 Å². The van der Waals surface area contributed by atoms with Crippen molar-refractivity contribution in [2.24, 2.45) is 7.05 Å². The van der Waals surface area contributed by atoms with E-state index in [-0.39, 0.29) is 46.9 Å². The Balaban J connectivity index is 1.85. The summed E-state index contributed by atoms with van der Waals surface area (Å²) >= 11 is 0. The van der Waals surface area contributed by atoms with Crippen molar-refractivity contribution in [3.8, 4) is 17.2 Å². The fraction of sp³-hybridized carbons (Fsp3) is 0.345. The normalized spacial score (nSPS) is 16.5. The van der Waals surface area contributed by atoms with Gasteiger partial charge in [-0.1, -0.05) is 19.1 Å². The van der Waals surface area contributed by atoms with Crippen LogP contribution in [0, 0.1) is 18.6 Å². The molecule has 0 bridgehead atoms. The lowest BCUT2D eigenvalue weighted by Crippen LogP contribution is -2.44. The standard InChI is InChI=1S/C29H29F2N3O6/c1-6-17-10-11-21(20(31)12-17)34-26-25(27(36)33(28(34)37)14-18-15-38-29(3,4)40-18)23(13-24(35)32(26)5)39-22-9-7-8-19(30)16(22)2/h7-13,18H,6,14-15H2,1-5H3. The molecule has 0 N–H and O–H groups in total. The Bertz CT molecular complexity index is 1820. The molecule has 2 aromatic carbocycles. The predicted molar refractivity (Wildman–Crippen MR) is 144 cm³/mol. The Kier molecular flexibility index (Phi) is 6.97. The highest BCUT2D eigenvalue weighted by atomic mass is 19.1. The first-order valence-electron chi connectivity index (χ1n) is 12.8. The van der Waals surface area contributed by atoms with E-state index in [9.17, 15) is 18.8 Å². The first kappa shape index (κ1) is 27.5. The third-order valence-corrected chi connectivity index (χ3v) is 7.02. The van der Waals surface area contributed by atoms with Crippen LogP contribution in [0.15, 0.2) is 56.8 Å². The van der Waals surface area contributed by atoms with Crippen molar-refractivity contribution in [3.05, 3.63) is 96.4 Å². The van der Waals surface area contributed by atoms with E-state index >= 15 is 4.39 Å². The minimum Gasteiger partial charge on any atom is -0.456 e. The monoisotopic (exact) mass is 553 g/mol. The van der Waals surface area contributed by atoms with Crippen molar-refractivity contribution < 1.29 is 23.0 Å². The second-order valence-electron chi connectivity index (χ2n) is 10.2. The van der Waals surface area contributed by atoms with E-state index in [0.29, 0.717) is 12.0 Å². The number of hydrogen-bond donors (Lipinski definition) is 0. The highest BCUT2D eigenvalue weighted by Gasteiger charge is 2.34. The number of rotatable bonds is 6. The molecule has 1 atom stereocenters. The van der Waals surface area contributed by atoms with E-state index in [0.717, 1.165) is 19.8 Å². The van der Waals surface area contributed by atoms with Crippen LogP contribution in [0.4, 0.5) is 8.78 Å². The van der Waals surface area contributed by atoms with Gasteiger partial charge in [-0.05, 0) is 57.0 Å². The first-order chi connectivity index (χ1) is 18.9. The molecule has 0 spiro atoms. The second-order valence-corrected chi connectivity index (χ2v) is 10.2. The lowest BCUT2D eigenvalue weighted by atomic mass is 10.1. The van der Waals surface area contributed by atoms with E-state index < -0.39 is 40.3 Å². The van der Waals surface area contributed by atoms with Crippen LogP contribution in [0.5, 0.6) is 11.5 Å². The molecule has 2 aromatic heterocycles. The summed E-state index contributed by atoms with van der Waals surface area (Å²) in [7, 11) is 1.37. The summed E-state index contributed by atoms with van der Waals surface area (Å²) < 4.78 is 50.2. The van der Waals surface area contributed by atoms with Gasteiger partial charge in [-0.3, -0.25) is 18.7 Å². The van der Waals surface area contributed by atoms with Gasteiger partial charge in [0, 0.05) is 18.7 Å². The highest BCUT2D eigenvalue weighted by molar-refractivity contribution is 5.83. The van der Waals surface area contributed by atoms with Gasteiger partial charge in [0.25, 0.3) is 11.1 Å². The molecule has 210 valence electrons. The predicted octanol–water partition coefficient (Wildman–Crippen LogP) is 3.94. The number of halogens is 2. The van der Waals surface area contributed by atoms with Gasteiger partial charge in [-0.25, -0.2) is 18.1 Å². The number of pyridine rings is 1. The number of aromatic nitrogens is 3. The summed E-state index contributed by atoms with van der Waals surface area (Å²) in [5, 5.41) is -0.164. The molecule has 4 aromatic rings. The van der Waals surface area contributed by atoms with Gasteiger partial charge in [0.15, 0.2) is 5.79 Å². The molecule has 1 aliphatic heterocycles. The minimum absolute atomic E-state index is 0.0750. The molecule has 0 saturated carbocycles. The average Bonchev–Trinajstić information content (AvgIpc) is 3.25. The zero-order chi connectivity index (χ0) is 28.9. The van der Waals surface area contributed by atoms with Crippen LogP contribution in [0.2, 0.25) is 0 Å². The fourth-order valence-electron chi connectivity index (χ4n) is 4.84. The van der Waals surface area contributed by atoms with Crippen molar-refractivity contribution in [3.63, 3.8) is 0 Å². The van der Waals surface area contributed by atoms with Gasteiger partial charge in [0.1, 0.15) is 40.3 Å². The van der Waals surface area contributed by atoms with Crippen LogP contribution in [-0.4, -0.2) is 32.2 Å². The lowest BCUT2D eigenvalue weighted by Gasteiger charge is -2.21. The molecule has 3 heterocycles. The Hall–Kier alpha value is -4.09. The number of hydrogen-bond acceptors (Lipinski definition) is 6. The van der Waals surface area contributed by atoms with Crippen molar-refractivity contribution in [1.82, 2.24) is 13.7 Å². The van der Waals surface area contributed by atoms with Crippen molar-refractivity contribution in [2.75, 3.05) is 6.61 Å². The van der Waals surface area contributed by atoms with Crippen LogP contribution in [-0.2, 0) is 29.5 Å². The smallest absolute Gasteiger partial charge is 0.337 e. The van der Waals surface area contributed by atoms with E-state index in [1.807, 2.05) is 6.92 Å². The van der Waals surface area contributed by atoms with Gasteiger partial charge in [0.2, 0.25) is 0 Å². The van der Waals surface area contributed by atoms with Crippen LogP contribution in [0.1, 0.15) is 31.9 Å². The van der Waals surface area contributed by atoms with Crippen LogP contribution in [0.25, 0.3) is 16.7 Å². The largest absolute Gasteiger partial charge is 0.456 e. The number of benzene rings is 2. The summed E-state index contributed by atoms with van der Waals surface area (Å²) in [5.74, 6) is -2.30. The molecule has 11 heteroatoms. The zero-order valence-corrected chi connectivity index (χ0v) is 22.8. The molecule has 40 heavy (non-hydrogen) atoms. The maximum absolute atomic E-state index is 15.5. The molecule has 1 unspecified atom stereocenters. The number of fused-ring (bicyclic) bond motifs is 1. The SMILES string of the molecule is CCc1ccc(-n2c(=O)n(CC3COC(C)(C)O3)c(=O)c3c(Oc4cccc(F)c4C)cc(=O)n(C)c32)c(F)c1. The summed E-state index contributed by atoms with van der Waals surface area (Å²) in [6.45, 7) is 6.70. The van der Waals surface area contributed by atoms with E-state index in [1.165, 1.54) is 44.3 Å². The maximum atomic E-state index is 15.5. The van der Waals surface area contributed by atoms with Gasteiger partial charge >= 0.3 is 5.69 Å². The minimum atomic E-state index is -0.917. The topological polar surface area (TPSA) is 93.7 Å². The molecule has 9 nitrogen and oxygen atoms in total. The quantitative estimate of drug-likeness (QED) is 0.359. The fourth-order valence-corrected chi connectivity index (χ4v) is 4.84. The van der Waals surface area contributed by atoms with Crippen LogP contribution in [0.3, 0.4) is 0 Å². The highest BCUT2D eigenvalue weighted by Crippen LogP contribution is 2.30. The van der Waals surface area contributed by atoms with Crippen LogP contribution < -0.4 is 21.5 Å². The van der Waals surface area contributed by atoms with Crippen molar-refractivity contribution in [1.29, 1.82) is 0 Å². The molecular weight excluding hydrogens is 524 g/mol. The Morgan fingerprint density at radius 1 is 1.05 bits per heavy atom. The molecule has 0 radical (unpaired) electrons. The average molecular weight is 554 g/mol. The number of ether oxygens (including phenoxy) is 3. The summed E-state index contributed by atoms with van der Waals surface area (Å²) in [6, 6.07) is 9.65. The maximum Gasteiger partial charge on any atom is 0.337 e. The van der Waals surface area contributed by atoms with Crippen molar-refractivity contribution >= 4 is 11.0 Å². The Morgan fingerprint density at radius 3 is 2.45 bits per heavy atom. The van der Waals surface area contributed by atoms with Gasteiger partial charge in [-0.2, -0.15) is 0 Å². The molecule has 0 amide bonds.